The summed E-state index contributed by atoms with van der Waals surface area (Å²) in [6, 6.07) is 52.5. The van der Waals surface area contributed by atoms with Gasteiger partial charge in [-0.25, -0.2) is 0 Å². The molecule has 44 heavy (non-hydrogen) atoms. The molecule has 0 saturated carbocycles. The molecule has 0 aliphatic heterocycles. The molecular weight excluding hydrogens is 532 g/mol. The zero-order valence-electron chi connectivity index (χ0n) is 26.0. The molecular formula is C42H38N2. The highest BCUT2D eigenvalue weighted by atomic mass is 15.1. The van der Waals surface area contributed by atoms with Gasteiger partial charge in [-0.3, -0.25) is 0 Å². The fourth-order valence-electron chi connectivity index (χ4n) is 5.93. The molecule has 0 heterocycles. The molecule has 0 amide bonds. The van der Waals surface area contributed by atoms with Crippen molar-refractivity contribution in [1.29, 1.82) is 0 Å². The Morgan fingerprint density at radius 2 is 0.591 bits per heavy atom. The van der Waals surface area contributed by atoms with Gasteiger partial charge in [0.1, 0.15) is 0 Å². The maximum absolute atomic E-state index is 4.60. The van der Waals surface area contributed by atoms with Gasteiger partial charge in [0.15, 0.2) is 0 Å². The van der Waals surface area contributed by atoms with Gasteiger partial charge in [0, 0.05) is 0 Å². The summed E-state index contributed by atoms with van der Waals surface area (Å²) < 4.78 is 0. The van der Waals surface area contributed by atoms with Crippen molar-refractivity contribution in [2.75, 3.05) is 0 Å². The minimum Gasteiger partial charge on any atom is -0.151 e. The summed E-state index contributed by atoms with van der Waals surface area (Å²) in [7, 11) is 0. The standard InChI is InChI=1S/C42H38N2/c1-30-5-13-34(14-6-30)29-35-15-25-40(26-16-35)43-44-41-27-23-39(24-28-41)42(36-17-7-31(2)8-18-36,37-19-9-32(3)10-20-37)38-21-11-33(4)12-22-38/h5-28H,29H2,1-4H3. The average molecular weight is 571 g/mol. The quantitative estimate of drug-likeness (QED) is 0.128. The average Bonchev–Trinajstić information content (AvgIpc) is 3.05. The third-order valence-corrected chi connectivity index (χ3v) is 8.50. The number of nitrogens with zero attached hydrogens (tertiary/aromatic N) is 2. The molecule has 0 aromatic heterocycles. The van der Waals surface area contributed by atoms with E-state index in [0.717, 1.165) is 17.8 Å². The van der Waals surface area contributed by atoms with E-state index in [1.54, 1.807) is 0 Å². The summed E-state index contributed by atoms with van der Waals surface area (Å²) in [5.74, 6) is 0. The molecule has 216 valence electrons. The van der Waals surface area contributed by atoms with Crippen LogP contribution in [-0.4, -0.2) is 0 Å². The monoisotopic (exact) mass is 570 g/mol. The zero-order chi connectivity index (χ0) is 30.5. The zero-order valence-corrected chi connectivity index (χ0v) is 26.0. The second kappa shape index (κ2) is 12.7. The summed E-state index contributed by atoms with van der Waals surface area (Å²) in [4.78, 5) is 0. The molecule has 0 unspecified atom stereocenters. The maximum atomic E-state index is 4.60. The van der Waals surface area contributed by atoms with Crippen LogP contribution in [0.4, 0.5) is 11.4 Å². The van der Waals surface area contributed by atoms with E-state index >= 15 is 0 Å². The van der Waals surface area contributed by atoms with Gasteiger partial charge < -0.3 is 0 Å². The van der Waals surface area contributed by atoms with Gasteiger partial charge >= 0.3 is 0 Å². The number of aryl methyl sites for hydroxylation is 4. The lowest BCUT2D eigenvalue weighted by molar-refractivity contribution is 0.744. The van der Waals surface area contributed by atoms with Gasteiger partial charge in [0.05, 0.1) is 16.8 Å². The van der Waals surface area contributed by atoms with Crippen LogP contribution in [0.1, 0.15) is 55.6 Å². The molecule has 0 atom stereocenters. The van der Waals surface area contributed by atoms with Crippen LogP contribution in [-0.2, 0) is 11.8 Å². The lowest BCUT2D eigenvalue weighted by Gasteiger charge is -2.37. The van der Waals surface area contributed by atoms with Crippen LogP contribution in [0, 0.1) is 27.7 Å². The third-order valence-electron chi connectivity index (χ3n) is 8.50. The van der Waals surface area contributed by atoms with Crippen molar-refractivity contribution in [3.05, 3.63) is 201 Å². The first kappa shape index (κ1) is 29.0. The normalized spacial score (nSPS) is 11.6. The van der Waals surface area contributed by atoms with E-state index in [-0.39, 0.29) is 0 Å². The van der Waals surface area contributed by atoms with E-state index in [1.165, 1.54) is 55.6 Å². The summed E-state index contributed by atoms with van der Waals surface area (Å²) in [5, 5.41) is 9.16. The predicted octanol–water partition coefficient (Wildman–Crippen LogP) is 11.3. The third kappa shape index (κ3) is 6.16. The molecule has 0 fully saturated rings. The Morgan fingerprint density at radius 3 is 0.932 bits per heavy atom. The highest BCUT2D eigenvalue weighted by molar-refractivity contribution is 5.61. The van der Waals surface area contributed by atoms with Gasteiger partial charge in [-0.2, -0.15) is 10.2 Å². The molecule has 6 rings (SSSR count). The van der Waals surface area contributed by atoms with Crippen molar-refractivity contribution in [3.8, 4) is 0 Å². The molecule has 6 aromatic rings. The van der Waals surface area contributed by atoms with Crippen LogP contribution < -0.4 is 0 Å². The second-order valence-electron chi connectivity index (χ2n) is 11.9. The molecule has 6 aromatic carbocycles. The minimum atomic E-state index is -0.488. The van der Waals surface area contributed by atoms with Crippen molar-refractivity contribution in [3.63, 3.8) is 0 Å². The summed E-state index contributed by atoms with van der Waals surface area (Å²) in [5.41, 5.74) is 13.6. The van der Waals surface area contributed by atoms with Gasteiger partial charge in [0.25, 0.3) is 0 Å². The molecule has 2 nitrogen and oxygen atoms in total. The van der Waals surface area contributed by atoms with Crippen LogP contribution in [0.2, 0.25) is 0 Å². The fourth-order valence-corrected chi connectivity index (χ4v) is 5.93. The minimum absolute atomic E-state index is 0.488. The number of azo groups is 1. The Balaban J connectivity index is 1.34. The van der Waals surface area contributed by atoms with Gasteiger partial charge in [0.2, 0.25) is 0 Å². The van der Waals surface area contributed by atoms with Gasteiger partial charge in [-0.1, -0.05) is 144 Å². The number of hydrogen-bond acceptors (Lipinski definition) is 2. The molecule has 0 N–H and O–H groups in total. The van der Waals surface area contributed by atoms with E-state index in [2.05, 4.69) is 171 Å². The van der Waals surface area contributed by atoms with Crippen LogP contribution in [0.15, 0.2) is 156 Å². The molecule has 0 bridgehead atoms. The predicted molar refractivity (Wildman–Crippen MR) is 184 cm³/mol. The molecule has 0 aliphatic carbocycles. The first-order valence-electron chi connectivity index (χ1n) is 15.3. The molecule has 0 aliphatic rings. The van der Waals surface area contributed by atoms with E-state index in [0.29, 0.717) is 0 Å². The molecule has 0 saturated heterocycles. The van der Waals surface area contributed by atoms with Crippen LogP contribution in [0.3, 0.4) is 0 Å². The Hall–Kier alpha value is -5.08. The van der Waals surface area contributed by atoms with Crippen LogP contribution in [0.25, 0.3) is 0 Å². The van der Waals surface area contributed by atoms with Crippen molar-refractivity contribution >= 4 is 11.4 Å². The lowest BCUT2D eigenvalue weighted by atomic mass is 9.65. The summed E-state index contributed by atoms with van der Waals surface area (Å²) in [6.45, 7) is 8.54. The smallest absolute Gasteiger partial charge is 0.0857 e. The largest absolute Gasteiger partial charge is 0.151 e. The molecule has 0 spiro atoms. The van der Waals surface area contributed by atoms with Crippen molar-refractivity contribution in [1.82, 2.24) is 0 Å². The highest BCUT2D eigenvalue weighted by Gasteiger charge is 2.38. The van der Waals surface area contributed by atoms with E-state index < -0.39 is 5.41 Å². The Bertz CT molecular complexity index is 1730. The van der Waals surface area contributed by atoms with Gasteiger partial charge in [-0.15, -0.1) is 0 Å². The summed E-state index contributed by atoms with van der Waals surface area (Å²) in [6.07, 6.45) is 0.907. The Morgan fingerprint density at radius 1 is 0.341 bits per heavy atom. The Labute approximate surface area is 261 Å². The first-order chi connectivity index (χ1) is 21.4. The molecule has 0 radical (unpaired) electrons. The number of benzene rings is 6. The van der Waals surface area contributed by atoms with Crippen molar-refractivity contribution in [2.45, 2.75) is 39.5 Å². The topological polar surface area (TPSA) is 24.7 Å². The number of hydrogen-bond donors (Lipinski definition) is 0. The SMILES string of the molecule is Cc1ccc(Cc2ccc(N=Nc3ccc(C(c4ccc(C)cc4)(c4ccc(C)cc4)c4ccc(C)cc4)cc3)cc2)cc1. The van der Waals surface area contributed by atoms with E-state index in [9.17, 15) is 0 Å². The van der Waals surface area contributed by atoms with E-state index in [4.69, 9.17) is 0 Å². The van der Waals surface area contributed by atoms with E-state index in [1.807, 2.05) is 12.1 Å². The lowest BCUT2D eigenvalue weighted by Crippen LogP contribution is -2.31. The van der Waals surface area contributed by atoms with Crippen LogP contribution in [0.5, 0.6) is 0 Å². The molecule has 2 heteroatoms. The maximum Gasteiger partial charge on any atom is 0.0857 e. The summed E-state index contributed by atoms with van der Waals surface area (Å²) >= 11 is 0. The first-order valence-corrected chi connectivity index (χ1v) is 15.3. The highest BCUT2D eigenvalue weighted by Crippen LogP contribution is 2.45. The van der Waals surface area contributed by atoms with Crippen molar-refractivity contribution in [2.24, 2.45) is 10.2 Å². The van der Waals surface area contributed by atoms with Gasteiger partial charge in [-0.05, 0) is 91.8 Å². The van der Waals surface area contributed by atoms with Crippen LogP contribution >= 0.6 is 0 Å². The fraction of sp³-hybridized carbons (Fsp3) is 0.143. The number of rotatable bonds is 8. The Kier molecular flexibility index (Phi) is 8.34. The van der Waals surface area contributed by atoms with Crippen molar-refractivity contribution < 1.29 is 0 Å². The second-order valence-corrected chi connectivity index (χ2v) is 11.9.